The van der Waals surface area contributed by atoms with Gasteiger partial charge in [-0.25, -0.2) is 13.1 Å². The number of hydrogen-bond acceptors (Lipinski definition) is 5. The molecule has 0 unspecified atom stereocenters. The first-order valence-corrected chi connectivity index (χ1v) is 7.54. The Morgan fingerprint density at radius 2 is 2.00 bits per heavy atom. The molecule has 0 fully saturated rings. The number of hydrogen-bond donors (Lipinski definition) is 2. The number of nitrogens with zero attached hydrogens (tertiary/aromatic N) is 4. The van der Waals surface area contributed by atoms with Crippen LogP contribution in [-0.4, -0.2) is 34.8 Å². The summed E-state index contributed by atoms with van der Waals surface area (Å²) in [6.07, 6.45) is 3.11. The predicted molar refractivity (Wildman–Crippen MR) is 73.2 cm³/mol. The van der Waals surface area contributed by atoms with Crippen LogP contribution in [0.3, 0.4) is 0 Å². The Morgan fingerprint density at radius 1 is 1.25 bits per heavy atom. The highest BCUT2D eigenvalue weighted by molar-refractivity contribution is 7.89. The lowest BCUT2D eigenvalue weighted by Gasteiger charge is -2.04. The second-order valence-corrected chi connectivity index (χ2v) is 6.26. The van der Waals surface area contributed by atoms with Gasteiger partial charge in [0.1, 0.15) is 12.2 Å². The number of sulfonamides is 1. The Balaban J connectivity index is 2.14. The van der Waals surface area contributed by atoms with E-state index in [0.29, 0.717) is 12.4 Å². The maximum absolute atomic E-state index is 12.2. The molecule has 0 saturated carbocycles. The van der Waals surface area contributed by atoms with Gasteiger partial charge in [0.2, 0.25) is 10.0 Å². The Morgan fingerprint density at radius 3 is 2.60 bits per heavy atom. The van der Waals surface area contributed by atoms with E-state index >= 15 is 0 Å². The van der Waals surface area contributed by atoms with Crippen LogP contribution in [0.2, 0.25) is 0 Å². The van der Waals surface area contributed by atoms with Crippen molar-refractivity contribution >= 4 is 10.0 Å². The van der Waals surface area contributed by atoms with E-state index in [-0.39, 0.29) is 11.4 Å². The molecular formula is C11H18N6O2S. The Labute approximate surface area is 117 Å². The Hall–Kier alpha value is -1.71. The van der Waals surface area contributed by atoms with Gasteiger partial charge in [0.25, 0.3) is 0 Å². The minimum atomic E-state index is -3.55. The summed E-state index contributed by atoms with van der Waals surface area (Å²) >= 11 is 0. The summed E-state index contributed by atoms with van der Waals surface area (Å²) in [7, 11) is 1.84. The first-order chi connectivity index (χ1) is 9.44. The van der Waals surface area contributed by atoms with Gasteiger partial charge in [-0.3, -0.25) is 0 Å². The number of rotatable bonds is 6. The van der Waals surface area contributed by atoms with Crippen molar-refractivity contribution in [3.8, 4) is 0 Å². The van der Waals surface area contributed by atoms with Crippen LogP contribution < -0.4 is 10.0 Å². The molecule has 0 radical (unpaired) electrons. The zero-order valence-corrected chi connectivity index (χ0v) is 12.5. The lowest BCUT2D eigenvalue weighted by molar-refractivity contribution is 0.577. The minimum absolute atomic E-state index is 0.106. The summed E-state index contributed by atoms with van der Waals surface area (Å²) in [5.74, 6) is 0.556. The molecule has 0 aliphatic rings. The van der Waals surface area contributed by atoms with Gasteiger partial charge in [-0.2, -0.15) is 0 Å². The average Bonchev–Trinajstić information content (AvgIpc) is 2.95. The van der Waals surface area contributed by atoms with Crippen LogP contribution in [0.4, 0.5) is 0 Å². The molecule has 110 valence electrons. The summed E-state index contributed by atoms with van der Waals surface area (Å²) < 4.78 is 30.4. The molecule has 0 aliphatic heterocycles. The molecule has 0 aliphatic carbocycles. The van der Waals surface area contributed by atoms with Crippen molar-refractivity contribution in [3.63, 3.8) is 0 Å². The maximum Gasteiger partial charge on any atom is 0.242 e. The highest BCUT2D eigenvalue weighted by atomic mass is 32.2. The van der Waals surface area contributed by atoms with E-state index in [2.05, 4.69) is 20.2 Å². The van der Waals surface area contributed by atoms with Crippen LogP contribution in [0.15, 0.2) is 23.5 Å². The third-order valence-electron chi connectivity index (χ3n) is 2.98. The summed E-state index contributed by atoms with van der Waals surface area (Å²) in [5.41, 5.74) is 0.895. The van der Waals surface area contributed by atoms with Crippen molar-refractivity contribution in [3.05, 3.63) is 30.1 Å². The third-order valence-corrected chi connectivity index (χ3v) is 4.34. The van der Waals surface area contributed by atoms with E-state index in [1.807, 2.05) is 14.1 Å². The smallest absolute Gasteiger partial charge is 0.242 e. The monoisotopic (exact) mass is 298 g/mol. The molecule has 2 aromatic heterocycles. The van der Waals surface area contributed by atoms with E-state index < -0.39 is 10.0 Å². The third kappa shape index (κ3) is 3.06. The van der Waals surface area contributed by atoms with E-state index in [9.17, 15) is 8.42 Å². The van der Waals surface area contributed by atoms with Crippen molar-refractivity contribution in [2.75, 3.05) is 7.05 Å². The van der Waals surface area contributed by atoms with Crippen LogP contribution in [-0.2, 0) is 37.2 Å². The van der Waals surface area contributed by atoms with Crippen LogP contribution >= 0.6 is 0 Å². The molecular weight excluding hydrogens is 280 g/mol. The Bertz CT molecular complexity index is 688. The quantitative estimate of drug-likeness (QED) is 0.739. The summed E-state index contributed by atoms with van der Waals surface area (Å²) in [4.78, 5) is 0.243. The van der Waals surface area contributed by atoms with Crippen LogP contribution in [0.5, 0.6) is 0 Å². The average molecular weight is 298 g/mol. The lowest BCUT2D eigenvalue weighted by atomic mass is 10.4. The fourth-order valence-electron chi connectivity index (χ4n) is 1.79. The second-order valence-electron chi connectivity index (χ2n) is 4.49. The highest BCUT2D eigenvalue weighted by Crippen LogP contribution is 2.13. The van der Waals surface area contributed by atoms with E-state index in [1.54, 1.807) is 28.4 Å². The topological polar surface area (TPSA) is 93.8 Å². The molecule has 2 rings (SSSR count). The molecule has 8 nitrogen and oxygen atoms in total. The molecule has 2 aromatic rings. The van der Waals surface area contributed by atoms with Gasteiger partial charge in [-0.1, -0.05) is 0 Å². The first kappa shape index (κ1) is 14.7. The SMILES string of the molecule is CNCc1cc(S(=O)(=O)NCc2nncn2C)cn1C. The summed E-state index contributed by atoms with van der Waals surface area (Å²) in [6, 6.07) is 1.65. The molecule has 0 saturated heterocycles. The molecule has 9 heteroatoms. The van der Waals surface area contributed by atoms with Crippen molar-refractivity contribution < 1.29 is 8.42 Å². The van der Waals surface area contributed by atoms with Gasteiger partial charge < -0.3 is 14.5 Å². The van der Waals surface area contributed by atoms with Crippen molar-refractivity contribution in [1.82, 2.24) is 29.4 Å². The molecule has 0 amide bonds. The highest BCUT2D eigenvalue weighted by Gasteiger charge is 2.18. The molecule has 0 bridgehead atoms. The molecule has 0 aromatic carbocycles. The molecule has 2 N–H and O–H groups in total. The Kier molecular flexibility index (Phi) is 4.21. The van der Waals surface area contributed by atoms with Crippen LogP contribution in [0.25, 0.3) is 0 Å². The summed E-state index contributed by atoms with van der Waals surface area (Å²) in [6.45, 7) is 0.713. The largest absolute Gasteiger partial charge is 0.352 e. The second kappa shape index (κ2) is 5.73. The molecule has 0 spiro atoms. The maximum atomic E-state index is 12.2. The van der Waals surface area contributed by atoms with Gasteiger partial charge in [0.05, 0.1) is 11.4 Å². The standard InChI is InChI=1S/C11H18N6O2S/c1-12-5-9-4-10(7-16(9)2)20(18,19)14-6-11-15-13-8-17(11)3/h4,7-8,12,14H,5-6H2,1-3H3. The zero-order chi connectivity index (χ0) is 14.8. The fourth-order valence-corrected chi connectivity index (χ4v) is 2.86. The van der Waals surface area contributed by atoms with Crippen LogP contribution in [0.1, 0.15) is 11.5 Å². The van der Waals surface area contributed by atoms with Crippen LogP contribution in [0, 0.1) is 0 Å². The predicted octanol–water partition coefficient (Wildman–Crippen LogP) is -0.648. The van der Waals surface area contributed by atoms with Crippen molar-refractivity contribution in [2.45, 2.75) is 18.0 Å². The molecule has 0 atom stereocenters. The fraction of sp³-hybridized carbons (Fsp3) is 0.455. The van der Waals surface area contributed by atoms with Crippen molar-refractivity contribution in [2.24, 2.45) is 14.1 Å². The molecule has 20 heavy (non-hydrogen) atoms. The minimum Gasteiger partial charge on any atom is -0.352 e. The van der Waals surface area contributed by atoms with E-state index in [4.69, 9.17) is 0 Å². The molecule has 2 heterocycles. The summed E-state index contributed by atoms with van der Waals surface area (Å²) in [5, 5.41) is 10.5. The number of nitrogens with one attached hydrogen (secondary N) is 2. The lowest BCUT2D eigenvalue weighted by Crippen LogP contribution is -2.24. The van der Waals surface area contributed by atoms with Gasteiger partial charge >= 0.3 is 0 Å². The van der Waals surface area contributed by atoms with Gasteiger partial charge in [-0.05, 0) is 13.1 Å². The first-order valence-electron chi connectivity index (χ1n) is 6.06. The number of aromatic nitrogens is 4. The normalized spacial score (nSPS) is 11.9. The zero-order valence-electron chi connectivity index (χ0n) is 11.7. The van der Waals surface area contributed by atoms with Crippen molar-refractivity contribution in [1.29, 1.82) is 0 Å². The van der Waals surface area contributed by atoms with Gasteiger partial charge in [-0.15, -0.1) is 10.2 Å². The van der Waals surface area contributed by atoms with Gasteiger partial charge in [0.15, 0.2) is 0 Å². The van der Waals surface area contributed by atoms with Gasteiger partial charge in [0, 0.05) is 32.5 Å². The number of aryl methyl sites for hydroxylation is 2. The van der Waals surface area contributed by atoms with E-state index in [0.717, 1.165) is 5.69 Å². The van der Waals surface area contributed by atoms with E-state index in [1.165, 1.54) is 6.33 Å².